The van der Waals surface area contributed by atoms with Crippen molar-refractivity contribution >= 4 is 39.1 Å². The lowest BCUT2D eigenvalue weighted by Gasteiger charge is -2.05. The summed E-state index contributed by atoms with van der Waals surface area (Å²) in [6.45, 7) is 0. The summed E-state index contributed by atoms with van der Waals surface area (Å²) in [6.07, 6.45) is 2.05. The molecule has 1 aromatic heterocycles. The van der Waals surface area contributed by atoms with Crippen molar-refractivity contribution < 1.29 is 24.0 Å². The van der Waals surface area contributed by atoms with E-state index in [0.29, 0.717) is 4.47 Å². The molecule has 20 heavy (non-hydrogen) atoms. The summed E-state index contributed by atoms with van der Waals surface area (Å²) in [5, 5.41) is 11.0. The van der Waals surface area contributed by atoms with Gasteiger partial charge in [0, 0.05) is 22.8 Å². The predicted molar refractivity (Wildman–Crippen MR) is 70.6 cm³/mol. The molecule has 0 saturated heterocycles. The van der Waals surface area contributed by atoms with Gasteiger partial charge in [-0.1, -0.05) is 0 Å². The number of nitrogens with zero attached hydrogens (tertiary/aromatic N) is 2. The van der Waals surface area contributed by atoms with Gasteiger partial charge in [-0.25, -0.2) is 14.6 Å². The Bertz CT molecular complexity index is 599. The van der Waals surface area contributed by atoms with E-state index in [0.717, 1.165) is 26.4 Å². The number of halogens is 1. The predicted octanol–water partition coefficient (Wildman–Crippen LogP) is 1.48. The molecule has 0 aliphatic heterocycles. The molecule has 0 unspecified atom stereocenters. The number of nitro groups is 1. The van der Waals surface area contributed by atoms with E-state index >= 15 is 0 Å². The number of ether oxygens (including phenoxy) is 2. The van der Waals surface area contributed by atoms with Crippen LogP contribution in [0.5, 0.6) is 0 Å². The molecular formula is C11H9BrN2O6. The number of rotatable bonds is 4. The Morgan fingerprint density at radius 3 is 2.55 bits per heavy atom. The van der Waals surface area contributed by atoms with Gasteiger partial charge in [0.15, 0.2) is 5.69 Å². The zero-order chi connectivity index (χ0) is 15.3. The molecule has 0 atom stereocenters. The smallest absolute Gasteiger partial charge is 0.340 e. The highest BCUT2D eigenvalue weighted by molar-refractivity contribution is 9.10. The highest BCUT2D eigenvalue weighted by atomic mass is 79.9. The Hall–Kier alpha value is -2.29. The van der Waals surface area contributed by atoms with Crippen molar-refractivity contribution in [3.8, 4) is 0 Å². The summed E-state index contributed by atoms with van der Waals surface area (Å²) in [6, 6.07) is 1.16. The van der Waals surface area contributed by atoms with Gasteiger partial charge in [-0.3, -0.25) is 10.1 Å². The first-order chi connectivity index (χ1) is 9.40. The van der Waals surface area contributed by atoms with Crippen LogP contribution in [0.2, 0.25) is 0 Å². The maximum absolute atomic E-state index is 11.7. The summed E-state index contributed by atoms with van der Waals surface area (Å²) < 4.78 is 9.24. The van der Waals surface area contributed by atoms with E-state index < -0.39 is 22.5 Å². The van der Waals surface area contributed by atoms with E-state index in [9.17, 15) is 19.7 Å². The number of aromatic nitrogens is 1. The number of hydrogen-bond acceptors (Lipinski definition) is 7. The molecule has 0 spiro atoms. The second-order valence-corrected chi connectivity index (χ2v) is 4.27. The fourth-order valence-electron chi connectivity index (χ4n) is 1.29. The fraction of sp³-hybridized carbons (Fsp3) is 0.182. The number of methoxy groups -OCH3 is 2. The quantitative estimate of drug-likeness (QED) is 0.352. The zero-order valence-electron chi connectivity index (χ0n) is 10.5. The Morgan fingerprint density at radius 1 is 1.40 bits per heavy atom. The summed E-state index contributed by atoms with van der Waals surface area (Å²) in [7, 11) is 2.19. The average molecular weight is 345 g/mol. The summed E-state index contributed by atoms with van der Waals surface area (Å²) in [5.41, 5.74) is -1.09. The molecule has 0 bridgehead atoms. The van der Waals surface area contributed by atoms with Crippen LogP contribution in [0.3, 0.4) is 0 Å². The Balaban J connectivity index is 3.49. The van der Waals surface area contributed by atoms with E-state index in [2.05, 4.69) is 30.4 Å². The van der Waals surface area contributed by atoms with E-state index in [1.165, 1.54) is 6.20 Å². The largest absolute Gasteiger partial charge is 0.466 e. The van der Waals surface area contributed by atoms with Crippen molar-refractivity contribution in [1.82, 2.24) is 4.98 Å². The van der Waals surface area contributed by atoms with Crippen LogP contribution in [0.1, 0.15) is 5.69 Å². The van der Waals surface area contributed by atoms with Gasteiger partial charge in [-0.15, -0.1) is 0 Å². The molecule has 0 amide bonds. The Labute approximate surface area is 121 Å². The number of esters is 2. The van der Waals surface area contributed by atoms with Crippen LogP contribution in [0.25, 0.3) is 5.57 Å². The van der Waals surface area contributed by atoms with E-state index in [4.69, 9.17) is 0 Å². The Morgan fingerprint density at radius 2 is 2.05 bits per heavy atom. The van der Waals surface area contributed by atoms with Crippen LogP contribution in [0, 0.1) is 10.1 Å². The molecule has 1 aromatic rings. The minimum absolute atomic E-state index is 0.282. The SMILES string of the molecule is COC(=O)/C=C(\C(=O)OC)c1ncc(Br)cc1[N+](=O)[O-]. The number of hydrogen-bond donors (Lipinski definition) is 0. The minimum Gasteiger partial charge on any atom is -0.466 e. The van der Waals surface area contributed by atoms with E-state index in [-0.39, 0.29) is 11.3 Å². The van der Waals surface area contributed by atoms with Crippen LogP contribution in [0.4, 0.5) is 5.69 Å². The third-order valence-corrected chi connectivity index (χ3v) is 2.59. The second-order valence-electron chi connectivity index (χ2n) is 3.35. The first-order valence-electron chi connectivity index (χ1n) is 5.09. The molecule has 106 valence electrons. The molecule has 1 heterocycles. The van der Waals surface area contributed by atoms with Crippen LogP contribution in [0.15, 0.2) is 22.8 Å². The van der Waals surface area contributed by atoms with Gasteiger partial charge in [0.1, 0.15) is 0 Å². The zero-order valence-corrected chi connectivity index (χ0v) is 12.0. The lowest BCUT2D eigenvalue weighted by molar-refractivity contribution is -0.385. The average Bonchev–Trinajstić information content (AvgIpc) is 2.43. The van der Waals surface area contributed by atoms with Crippen molar-refractivity contribution in [2.75, 3.05) is 14.2 Å². The van der Waals surface area contributed by atoms with Crippen molar-refractivity contribution in [3.63, 3.8) is 0 Å². The topological polar surface area (TPSA) is 109 Å². The highest BCUT2D eigenvalue weighted by Gasteiger charge is 2.25. The van der Waals surface area contributed by atoms with Gasteiger partial charge in [0.2, 0.25) is 0 Å². The highest BCUT2D eigenvalue weighted by Crippen LogP contribution is 2.27. The third-order valence-electron chi connectivity index (χ3n) is 2.15. The summed E-state index contributed by atoms with van der Waals surface area (Å²) in [5.74, 6) is -1.79. The monoisotopic (exact) mass is 344 g/mol. The summed E-state index contributed by atoms with van der Waals surface area (Å²) in [4.78, 5) is 37.0. The van der Waals surface area contributed by atoms with Crippen LogP contribution in [-0.2, 0) is 19.1 Å². The number of pyridine rings is 1. The van der Waals surface area contributed by atoms with Crippen molar-refractivity contribution in [2.24, 2.45) is 0 Å². The van der Waals surface area contributed by atoms with Gasteiger partial charge in [-0.05, 0) is 15.9 Å². The van der Waals surface area contributed by atoms with Gasteiger partial charge < -0.3 is 9.47 Å². The molecule has 0 aromatic carbocycles. The van der Waals surface area contributed by atoms with E-state index in [1.54, 1.807) is 0 Å². The van der Waals surface area contributed by atoms with Gasteiger partial charge in [0.25, 0.3) is 5.69 Å². The van der Waals surface area contributed by atoms with E-state index in [1.807, 2.05) is 0 Å². The van der Waals surface area contributed by atoms with Crippen LogP contribution >= 0.6 is 15.9 Å². The minimum atomic E-state index is -0.937. The first-order valence-corrected chi connectivity index (χ1v) is 5.88. The molecule has 0 radical (unpaired) electrons. The van der Waals surface area contributed by atoms with Crippen molar-refractivity contribution in [2.45, 2.75) is 0 Å². The molecule has 0 fully saturated rings. The van der Waals surface area contributed by atoms with Gasteiger partial charge >= 0.3 is 11.9 Å². The number of carbonyl (C=O) groups excluding carboxylic acids is 2. The molecule has 8 nitrogen and oxygen atoms in total. The molecule has 0 aliphatic carbocycles. The van der Waals surface area contributed by atoms with Crippen LogP contribution in [-0.4, -0.2) is 36.1 Å². The molecule has 0 N–H and O–H groups in total. The number of carbonyl (C=O) groups is 2. The normalized spacial score (nSPS) is 10.8. The fourth-order valence-corrected chi connectivity index (χ4v) is 1.61. The standard InChI is InChI=1S/C11H9BrN2O6/c1-19-9(15)4-7(11(16)20-2)10-8(14(17)18)3-6(12)5-13-10/h3-5H,1-2H3/b7-4-. The van der Waals surface area contributed by atoms with Crippen molar-refractivity contribution in [1.29, 1.82) is 0 Å². The third kappa shape index (κ3) is 3.60. The van der Waals surface area contributed by atoms with Crippen LogP contribution < -0.4 is 0 Å². The first kappa shape index (κ1) is 15.8. The molecule has 1 rings (SSSR count). The van der Waals surface area contributed by atoms with Gasteiger partial charge in [-0.2, -0.15) is 0 Å². The Kier molecular flexibility index (Phi) is 5.32. The van der Waals surface area contributed by atoms with Crippen molar-refractivity contribution in [3.05, 3.63) is 38.6 Å². The lowest BCUT2D eigenvalue weighted by Crippen LogP contribution is -2.10. The maximum Gasteiger partial charge on any atom is 0.340 e. The lowest BCUT2D eigenvalue weighted by atomic mass is 10.1. The molecule has 9 heteroatoms. The molecule has 0 aliphatic rings. The summed E-state index contributed by atoms with van der Waals surface area (Å²) >= 11 is 3.04. The maximum atomic E-state index is 11.7. The second kappa shape index (κ2) is 6.75. The molecular weight excluding hydrogens is 336 g/mol. The van der Waals surface area contributed by atoms with Gasteiger partial charge in [0.05, 0.1) is 24.7 Å². The molecule has 0 saturated carbocycles.